The maximum Gasteiger partial charge on any atom is 0.250 e. The van der Waals surface area contributed by atoms with E-state index < -0.39 is 0 Å². The van der Waals surface area contributed by atoms with E-state index in [0.29, 0.717) is 11.4 Å². The van der Waals surface area contributed by atoms with Gasteiger partial charge < -0.3 is 20.5 Å². The quantitative estimate of drug-likeness (QED) is 0.822. The first-order valence-corrected chi connectivity index (χ1v) is 5.99. The summed E-state index contributed by atoms with van der Waals surface area (Å²) in [7, 11) is 1.57. The summed E-state index contributed by atoms with van der Waals surface area (Å²) in [6.45, 7) is 0.0510. The van der Waals surface area contributed by atoms with Gasteiger partial charge in [-0.05, 0) is 25.0 Å². The summed E-state index contributed by atoms with van der Waals surface area (Å²) in [5, 5.41) is 2.76. The molecule has 0 unspecified atom stereocenters. The third-order valence-electron chi connectivity index (χ3n) is 2.96. The lowest BCUT2D eigenvalue weighted by Crippen LogP contribution is -2.42. The summed E-state index contributed by atoms with van der Waals surface area (Å²) in [6.07, 6.45) is 1.80. The Labute approximate surface area is 106 Å². The van der Waals surface area contributed by atoms with Crippen LogP contribution in [0.3, 0.4) is 0 Å². The number of benzene rings is 1. The average molecular weight is 250 g/mol. The lowest BCUT2D eigenvalue weighted by Gasteiger charge is -2.31. The molecule has 0 bridgehead atoms. The van der Waals surface area contributed by atoms with Crippen LogP contribution in [0, 0.1) is 0 Å². The Morgan fingerprint density at radius 2 is 2.17 bits per heavy atom. The van der Waals surface area contributed by atoms with Crippen LogP contribution in [0.5, 0.6) is 5.75 Å². The Bertz CT molecular complexity index is 416. The van der Waals surface area contributed by atoms with E-state index in [1.54, 1.807) is 19.2 Å². The van der Waals surface area contributed by atoms with Gasteiger partial charge in [-0.15, -0.1) is 0 Å². The highest BCUT2D eigenvalue weighted by atomic mass is 16.5. The Balaban J connectivity index is 1.79. The van der Waals surface area contributed by atoms with E-state index >= 15 is 0 Å². The molecule has 1 aromatic rings. The van der Waals surface area contributed by atoms with Crippen LogP contribution in [-0.2, 0) is 9.53 Å². The van der Waals surface area contributed by atoms with Crippen LogP contribution in [0.15, 0.2) is 24.3 Å². The summed E-state index contributed by atoms with van der Waals surface area (Å²) < 4.78 is 10.6. The predicted molar refractivity (Wildman–Crippen MR) is 68.6 cm³/mol. The molecule has 5 heteroatoms. The number of ether oxygens (including phenoxy) is 2. The average Bonchev–Trinajstić information content (AvgIpc) is 2.34. The Morgan fingerprint density at radius 3 is 2.83 bits per heavy atom. The molecule has 1 saturated carbocycles. The van der Waals surface area contributed by atoms with E-state index in [2.05, 4.69) is 5.32 Å². The van der Waals surface area contributed by atoms with Gasteiger partial charge in [0.2, 0.25) is 5.91 Å². The van der Waals surface area contributed by atoms with E-state index in [4.69, 9.17) is 15.2 Å². The van der Waals surface area contributed by atoms with Gasteiger partial charge in [0.15, 0.2) is 0 Å². The van der Waals surface area contributed by atoms with Crippen LogP contribution in [0.1, 0.15) is 12.8 Å². The van der Waals surface area contributed by atoms with Crippen LogP contribution in [-0.4, -0.2) is 31.8 Å². The van der Waals surface area contributed by atoms with E-state index in [1.807, 2.05) is 12.1 Å². The second-order valence-corrected chi connectivity index (χ2v) is 4.41. The molecule has 5 nitrogen and oxygen atoms in total. The van der Waals surface area contributed by atoms with Gasteiger partial charge in [0.25, 0.3) is 0 Å². The zero-order chi connectivity index (χ0) is 13.0. The molecule has 1 amide bonds. The summed E-state index contributed by atoms with van der Waals surface area (Å²) in [4.78, 5) is 11.7. The maximum atomic E-state index is 11.7. The Morgan fingerprint density at radius 1 is 1.44 bits per heavy atom. The van der Waals surface area contributed by atoms with Crippen molar-refractivity contribution in [1.82, 2.24) is 0 Å². The largest absolute Gasteiger partial charge is 0.495 e. The van der Waals surface area contributed by atoms with Crippen LogP contribution < -0.4 is 15.8 Å². The highest BCUT2D eigenvalue weighted by Crippen LogP contribution is 2.23. The second kappa shape index (κ2) is 5.84. The topological polar surface area (TPSA) is 73.6 Å². The summed E-state index contributed by atoms with van der Waals surface area (Å²) in [6, 6.07) is 7.49. The monoisotopic (exact) mass is 250 g/mol. The number of nitrogens with one attached hydrogen (secondary N) is 1. The summed E-state index contributed by atoms with van der Waals surface area (Å²) >= 11 is 0. The molecular formula is C13H18N2O3. The first-order valence-electron chi connectivity index (χ1n) is 5.99. The van der Waals surface area contributed by atoms with E-state index in [-0.39, 0.29) is 24.7 Å². The number of para-hydroxylation sites is 2. The summed E-state index contributed by atoms with van der Waals surface area (Å²) in [5.41, 5.74) is 6.29. The van der Waals surface area contributed by atoms with Crippen molar-refractivity contribution in [2.24, 2.45) is 5.73 Å². The van der Waals surface area contributed by atoms with Crippen molar-refractivity contribution in [2.75, 3.05) is 19.0 Å². The number of anilines is 1. The molecule has 98 valence electrons. The van der Waals surface area contributed by atoms with Crippen LogP contribution in [0.2, 0.25) is 0 Å². The van der Waals surface area contributed by atoms with Gasteiger partial charge in [-0.3, -0.25) is 4.79 Å². The van der Waals surface area contributed by atoms with Crippen molar-refractivity contribution in [2.45, 2.75) is 25.0 Å². The first kappa shape index (κ1) is 12.9. The van der Waals surface area contributed by atoms with E-state index in [0.717, 1.165) is 12.8 Å². The van der Waals surface area contributed by atoms with Crippen molar-refractivity contribution < 1.29 is 14.3 Å². The Kier molecular flexibility index (Phi) is 4.17. The molecule has 1 aliphatic carbocycles. The molecule has 1 aromatic carbocycles. The molecule has 0 heterocycles. The summed E-state index contributed by atoms with van der Waals surface area (Å²) in [5.74, 6) is 0.455. The number of rotatable bonds is 5. The van der Waals surface area contributed by atoms with Crippen molar-refractivity contribution in [3.05, 3.63) is 24.3 Å². The fourth-order valence-corrected chi connectivity index (χ4v) is 1.87. The Hall–Kier alpha value is -1.59. The van der Waals surface area contributed by atoms with Gasteiger partial charge in [-0.1, -0.05) is 12.1 Å². The first-order chi connectivity index (χ1) is 8.69. The molecule has 0 spiro atoms. The fraction of sp³-hybridized carbons (Fsp3) is 0.462. The number of hydrogen-bond donors (Lipinski definition) is 2. The molecule has 1 fully saturated rings. The zero-order valence-corrected chi connectivity index (χ0v) is 10.4. The molecular weight excluding hydrogens is 232 g/mol. The highest BCUT2D eigenvalue weighted by molar-refractivity contribution is 5.93. The molecule has 0 aliphatic heterocycles. The van der Waals surface area contributed by atoms with E-state index in [9.17, 15) is 4.79 Å². The fourth-order valence-electron chi connectivity index (χ4n) is 1.87. The number of hydrogen-bond acceptors (Lipinski definition) is 4. The minimum Gasteiger partial charge on any atom is -0.495 e. The SMILES string of the molecule is COc1ccccc1NC(=O)COC1CC(N)C1. The number of nitrogens with two attached hydrogens (primary N) is 1. The zero-order valence-electron chi connectivity index (χ0n) is 10.4. The van der Waals surface area contributed by atoms with Gasteiger partial charge in [0.05, 0.1) is 18.9 Å². The van der Waals surface area contributed by atoms with Crippen molar-refractivity contribution in [3.8, 4) is 5.75 Å². The van der Waals surface area contributed by atoms with E-state index in [1.165, 1.54) is 0 Å². The molecule has 0 atom stereocenters. The van der Waals surface area contributed by atoms with Gasteiger partial charge in [-0.25, -0.2) is 0 Å². The van der Waals surface area contributed by atoms with Crippen molar-refractivity contribution in [3.63, 3.8) is 0 Å². The normalized spacial score (nSPS) is 22.1. The maximum absolute atomic E-state index is 11.7. The number of carbonyl (C=O) groups is 1. The van der Waals surface area contributed by atoms with Gasteiger partial charge >= 0.3 is 0 Å². The van der Waals surface area contributed by atoms with Gasteiger partial charge in [-0.2, -0.15) is 0 Å². The standard InChI is InChI=1S/C13H18N2O3/c1-17-12-5-3-2-4-11(12)15-13(16)8-18-10-6-9(14)7-10/h2-5,9-10H,6-8,14H2,1H3,(H,15,16). The van der Waals surface area contributed by atoms with Crippen LogP contribution >= 0.6 is 0 Å². The van der Waals surface area contributed by atoms with Crippen LogP contribution in [0.4, 0.5) is 5.69 Å². The smallest absolute Gasteiger partial charge is 0.250 e. The molecule has 0 saturated heterocycles. The van der Waals surface area contributed by atoms with Crippen molar-refractivity contribution >= 4 is 11.6 Å². The number of amides is 1. The third kappa shape index (κ3) is 3.21. The molecule has 0 radical (unpaired) electrons. The second-order valence-electron chi connectivity index (χ2n) is 4.41. The number of carbonyl (C=O) groups excluding carboxylic acids is 1. The minimum absolute atomic E-state index is 0.0510. The minimum atomic E-state index is -0.181. The third-order valence-corrected chi connectivity index (χ3v) is 2.96. The lowest BCUT2D eigenvalue weighted by atomic mass is 9.90. The predicted octanol–water partition coefficient (Wildman–Crippen LogP) is 1.14. The molecule has 2 rings (SSSR count). The molecule has 0 aromatic heterocycles. The molecule has 1 aliphatic rings. The molecule has 3 N–H and O–H groups in total. The van der Waals surface area contributed by atoms with Gasteiger partial charge in [0, 0.05) is 6.04 Å². The number of methoxy groups -OCH3 is 1. The van der Waals surface area contributed by atoms with Crippen LogP contribution in [0.25, 0.3) is 0 Å². The highest BCUT2D eigenvalue weighted by Gasteiger charge is 2.27. The van der Waals surface area contributed by atoms with Crippen molar-refractivity contribution in [1.29, 1.82) is 0 Å². The molecule has 18 heavy (non-hydrogen) atoms. The van der Waals surface area contributed by atoms with Gasteiger partial charge in [0.1, 0.15) is 12.4 Å². The lowest BCUT2D eigenvalue weighted by molar-refractivity contribution is -0.124.